The molecule has 1 unspecified atom stereocenters. The monoisotopic (exact) mass is 453 g/mol. The van der Waals surface area contributed by atoms with Gasteiger partial charge < -0.3 is 19.1 Å². The summed E-state index contributed by atoms with van der Waals surface area (Å²) in [5.41, 5.74) is 1.90. The number of aryl methyl sites for hydroxylation is 1. The Morgan fingerprint density at radius 1 is 1.00 bits per heavy atom. The van der Waals surface area contributed by atoms with Gasteiger partial charge in [-0.1, -0.05) is 24.3 Å². The zero-order valence-electron chi connectivity index (χ0n) is 20.1. The molecule has 33 heavy (non-hydrogen) atoms. The number of rotatable bonds is 8. The summed E-state index contributed by atoms with van der Waals surface area (Å²) in [5, 5.41) is 0. The van der Waals surface area contributed by atoms with Crippen molar-refractivity contribution >= 4 is 11.9 Å². The molecule has 3 rings (SSSR count). The average molecular weight is 454 g/mol. The number of hydrogen-bond donors (Lipinski definition) is 0. The lowest BCUT2D eigenvalue weighted by Crippen LogP contribution is -2.34. The second kappa shape index (κ2) is 11.3. The van der Waals surface area contributed by atoms with Crippen molar-refractivity contribution in [3.63, 3.8) is 0 Å². The Balaban J connectivity index is 1.48. The van der Waals surface area contributed by atoms with E-state index in [1.54, 1.807) is 24.1 Å². The van der Waals surface area contributed by atoms with Crippen molar-refractivity contribution in [1.82, 2.24) is 4.90 Å². The standard InChI is InChI=1S/C27H35NO5/c1-27(2,3)33-26(30)28(4)18-7-8-20-10-12-21(13-11-20)25(29)22-14-16-23(17-15-22)32-24-9-5-6-19-31-24/h10-17,24H,5-9,18-19H2,1-4H3. The van der Waals surface area contributed by atoms with Crippen LogP contribution in [0.5, 0.6) is 5.75 Å². The van der Waals surface area contributed by atoms with E-state index < -0.39 is 5.60 Å². The van der Waals surface area contributed by atoms with Crippen LogP contribution >= 0.6 is 0 Å². The lowest BCUT2D eigenvalue weighted by molar-refractivity contribution is -0.105. The van der Waals surface area contributed by atoms with E-state index in [4.69, 9.17) is 14.2 Å². The molecule has 0 N–H and O–H groups in total. The minimum Gasteiger partial charge on any atom is -0.465 e. The first-order valence-corrected chi connectivity index (χ1v) is 11.7. The van der Waals surface area contributed by atoms with Gasteiger partial charge in [-0.3, -0.25) is 4.79 Å². The van der Waals surface area contributed by atoms with Crippen molar-refractivity contribution in [2.75, 3.05) is 20.2 Å². The number of nitrogens with zero attached hydrogens (tertiary/aromatic N) is 1. The Morgan fingerprint density at radius 3 is 2.21 bits per heavy atom. The van der Waals surface area contributed by atoms with Gasteiger partial charge in [0.05, 0.1) is 6.61 Å². The number of carbonyl (C=O) groups excluding carboxylic acids is 2. The van der Waals surface area contributed by atoms with Crippen LogP contribution in [0.25, 0.3) is 0 Å². The van der Waals surface area contributed by atoms with E-state index in [0.29, 0.717) is 23.4 Å². The molecular formula is C27H35NO5. The van der Waals surface area contributed by atoms with E-state index in [1.807, 2.05) is 57.2 Å². The molecule has 0 saturated carbocycles. The van der Waals surface area contributed by atoms with Gasteiger partial charge in [0.2, 0.25) is 0 Å². The van der Waals surface area contributed by atoms with Gasteiger partial charge in [-0.25, -0.2) is 4.79 Å². The predicted octanol–water partition coefficient (Wildman–Crippen LogP) is 5.62. The molecule has 1 aliphatic heterocycles. The number of ketones is 1. The normalized spacial score (nSPS) is 16.2. The molecule has 6 nitrogen and oxygen atoms in total. The summed E-state index contributed by atoms with van der Waals surface area (Å²) in [5.74, 6) is 0.692. The van der Waals surface area contributed by atoms with Gasteiger partial charge in [0.1, 0.15) is 11.4 Å². The van der Waals surface area contributed by atoms with Gasteiger partial charge in [0.15, 0.2) is 12.1 Å². The first kappa shape index (κ1) is 24.8. The molecule has 1 saturated heterocycles. The molecule has 1 aliphatic rings. The molecule has 0 bridgehead atoms. The molecule has 2 aromatic rings. The van der Waals surface area contributed by atoms with Crippen LogP contribution in [0.1, 0.15) is 67.9 Å². The summed E-state index contributed by atoms with van der Waals surface area (Å²) in [6, 6.07) is 14.9. The van der Waals surface area contributed by atoms with Crippen molar-refractivity contribution < 1.29 is 23.8 Å². The average Bonchev–Trinajstić information content (AvgIpc) is 2.79. The molecule has 6 heteroatoms. The highest BCUT2D eigenvalue weighted by Gasteiger charge is 2.19. The highest BCUT2D eigenvalue weighted by Crippen LogP contribution is 2.21. The SMILES string of the molecule is CN(CCCc1ccc(C(=O)c2ccc(OC3CCCCO3)cc2)cc1)C(=O)OC(C)(C)C. The van der Waals surface area contributed by atoms with E-state index in [2.05, 4.69) is 0 Å². The second-order valence-corrected chi connectivity index (χ2v) is 9.47. The molecule has 178 valence electrons. The minimum atomic E-state index is -0.495. The Bertz CT molecular complexity index is 909. The first-order valence-electron chi connectivity index (χ1n) is 11.7. The lowest BCUT2D eigenvalue weighted by Gasteiger charge is -2.24. The van der Waals surface area contributed by atoms with E-state index in [0.717, 1.165) is 44.3 Å². The van der Waals surface area contributed by atoms with Crippen LogP contribution in [0.15, 0.2) is 48.5 Å². The van der Waals surface area contributed by atoms with Gasteiger partial charge in [-0.05, 0) is 76.3 Å². The zero-order chi connectivity index (χ0) is 23.8. The van der Waals surface area contributed by atoms with Gasteiger partial charge in [0.25, 0.3) is 0 Å². The summed E-state index contributed by atoms with van der Waals surface area (Å²) in [4.78, 5) is 26.5. The van der Waals surface area contributed by atoms with Crippen molar-refractivity contribution in [2.24, 2.45) is 0 Å². The number of carbonyl (C=O) groups is 2. The zero-order valence-corrected chi connectivity index (χ0v) is 20.1. The molecule has 2 aromatic carbocycles. The summed E-state index contributed by atoms with van der Waals surface area (Å²) >= 11 is 0. The Hall–Kier alpha value is -2.86. The molecule has 0 aliphatic carbocycles. The minimum absolute atomic E-state index is 0.0216. The van der Waals surface area contributed by atoms with Gasteiger partial charge in [-0.15, -0.1) is 0 Å². The quantitative estimate of drug-likeness (QED) is 0.485. The van der Waals surface area contributed by atoms with Crippen LogP contribution < -0.4 is 4.74 Å². The number of ether oxygens (including phenoxy) is 3. The van der Waals surface area contributed by atoms with E-state index in [1.165, 1.54) is 0 Å². The van der Waals surface area contributed by atoms with Crippen molar-refractivity contribution in [2.45, 2.75) is 64.8 Å². The van der Waals surface area contributed by atoms with Crippen LogP contribution in [0.2, 0.25) is 0 Å². The molecule has 1 fully saturated rings. The Morgan fingerprint density at radius 2 is 1.64 bits per heavy atom. The topological polar surface area (TPSA) is 65.1 Å². The molecule has 1 heterocycles. The maximum Gasteiger partial charge on any atom is 0.410 e. The van der Waals surface area contributed by atoms with Crippen LogP contribution in [0.3, 0.4) is 0 Å². The number of hydrogen-bond acceptors (Lipinski definition) is 5. The van der Waals surface area contributed by atoms with Crippen molar-refractivity contribution in [3.8, 4) is 5.75 Å². The third kappa shape index (κ3) is 7.90. The van der Waals surface area contributed by atoms with Crippen LogP contribution in [0.4, 0.5) is 4.79 Å². The number of amides is 1. The third-order valence-corrected chi connectivity index (χ3v) is 5.40. The second-order valence-electron chi connectivity index (χ2n) is 9.47. The van der Waals surface area contributed by atoms with Gasteiger partial charge in [0, 0.05) is 31.1 Å². The predicted molar refractivity (Wildman–Crippen MR) is 128 cm³/mol. The van der Waals surface area contributed by atoms with Gasteiger partial charge >= 0.3 is 6.09 Å². The van der Waals surface area contributed by atoms with Crippen molar-refractivity contribution in [1.29, 1.82) is 0 Å². The van der Waals surface area contributed by atoms with Crippen molar-refractivity contribution in [3.05, 3.63) is 65.2 Å². The molecule has 0 radical (unpaired) electrons. The van der Waals surface area contributed by atoms with Crippen LogP contribution in [-0.4, -0.2) is 48.9 Å². The molecule has 0 aromatic heterocycles. The fourth-order valence-corrected chi connectivity index (χ4v) is 3.58. The molecule has 1 amide bonds. The Kier molecular flexibility index (Phi) is 8.50. The van der Waals surface area contributed by atoms with E-state index in [-0.39, 0.29) is 18.2 Å². The fourth-order valence-electron chi connectivity index (χ4n) is 3.58. The van der Waals surface area contributed by atoms with E-state index in [9.17, 15) is 9.59 Å². The largest absolute Gasteiger partial charge is 0.465 e. The van der Waals surface area contributed by atoms with E-state index >= 15 is 0 Å². The summed E-state index contributed by atoms with van der Waals surface area (Å²) in [7, 11) is 1.74. The highest BCUT2D eigenvalue weighted by atomic mass is 16.7. The summed E-state index contributed by atoms with van der Waals surface area (Å²) in [6.07, 6.45) is 4.20. The molecule has 0 spiro atoms. The lowest BCUT2D eigenvalue weighted by atomic mass is 10.0. The smallest absolute Gasteiger partial charge is 0.410 e. The Labute approximate surface area is 196 Å². The fraction of sp³-hybridized carbons (Fsp3) is 0.481. The molecule has 1 atom stereocenters. The number of benzene rings is 2. The van der Waals surface area contributed by atoms with Gasteiger partial charge in [-0.2, -0.15) is 0 Å². The summed E-state index contributed by atoms with van der Waals surface area (Å²) in [6.45, 7) is 6.91. The van der Waals surface area contributed by atoms with Crippen LogP contribution in [0, 0.1) is 0 Å². The van der Waals surface area contributed by atoms with Crippen LogP contribution in [-0.2, 0) is 15.9 Å². The third-order valence-electron chi connectivity index (χ3n) is 5.40. The maximum atomic E-state index is 12.8. The molecular weight excluding hydrogens is 418 g/mol. The maximum absolute atomic E-state index is 12.8. The highest BCUT2D eigenvalue weighted by molar-refractivity contribution is 6.09. The summed E-state index contributed by atoms with van der Waals surface area (Å²) < 4.78 is 16.8. The first-order chi connectivity index (χ1) is 15.7.